The van der Waals surface area contributed by atoms with Gasteiger partial charge in [-0.15, -0.1) is 0 Å². The van der Waals surface area contributed by atoms with E-state index in [4.69, 9.17) is 0 Å². The summed E-state index contributed by atoms with van der Waals surface area (Å²) in [5, 5.41) is 0. The van der Waals surface area contributed by atoms with Gasteiger partial charge in [-0.1, -0.05) is 12.7 Å². The molecular formula is C6H8FN. The van der Waals surface area contributed by atoms with E-state index in [1.807, 2.05) is 0 Å². The topological polar surface area (TPSA) is 12.4 Å². The monoisotopic (exact) mass is 113 g/mol. The van der Waals surface area contributed by atoms with E-state index in [2.05, 4.69) is 11.6 Å². The summed E-state index contributed by atoms with van der Waals surface area (Å²) in [6.45, 7) is 4.94. The third-order valence-corrected chi connectivity index (χ3v) is 0.508. The van der Waals surface area contributed by atoms with Crippen LogP contribution in [0.15, 0.2) is 29.7 Å². The number of halogens is 1. The predicted octanol–water partition coefficient (Wildman–Crippen LogP) is 2.07. The molecule has 0 heterocycles. The van der Waals surface area contributed by atoms with Crippen LogP contribution in [-0.4, -0.2) is 6.21 Å². The SMILES string of the molecule is C=C/C=C(F)\N=C/C. The number of nitrogens with zero attached hydrogens (tertiary/aromatic N) is 1. The molecule has 0 radical (unpaired) electrons. The summed E-state index contributed by atoms with van der Waals surface area (Å²) in [6, 6.07) is 0. The molecule has 8 heavy (non-hydrogen) atoms. The zero-order chi connectivity index (χ0) is 6.41. The van der Waals surface area contributed by atoms with Gasteiger partial charge in [0.15, 0.2) is 0 Å². The first kappa shape index (κ1) is 7.08. The van der Waals surface area contributed by atoms with Gasteiger partial charge in [0.1, 0.15) is 0 Å². The summed E-state index contributed by atoms with van der Waals surface area (Å²) in [5.74, 6) is -0.512. The zero-order valence-electron chi connectivity index (χ0n) is 4.76. The Kier molecular flexibility index (Phi) is 3.76. The van der Waals surface area contributed by atoms with Crippen molar-refractivity contribution in [1.29, 1.82) is 0 Å². The number of hydrogen-bond acceptors (Lipinski definition) is 1. The van der Waals surface area contributed by atoms with Crippen molar-refractivity contribution in [3.63, 3.8) is 0 Å². The molecule has 0 aromatic heterocycles. The summed E-state index contributed by atoms with van der Waals surface area (Å²) in [4.78, 5) is 3.31. The van der Waals surface area contributed by atoms with Crippen molar-refractivity contribution in [1.82, 2.24) is 0 Å². The molecule has 44 valence electrons. The third kappa shape index (κ3) is 3.28. The highest BCUT2D eigenvalue weighted by Crippen LogP contribution is 1.95. The highest BCUT2D eigenvalue weighted by molar-refractivity contribution is 5.54. The van der Waals surface area contributed by atoms with Crippen LogP contribution in [0.4, 0.5) is 4.39 Å². The van der Waals surface area contributed by atoms with Crippen molar-refractivity contribution >= 4 is 6.21 Å². The Morgan fingerprint density at radius 1 is 1.75 bits per heavy atom. The Bertz CT molecular complexity index is 124. The Labute approximate surface area is 48.2 Å². The molecule has 0 aliphatic heterocycles. The molecule has 0 aliphatic carbocycles. The lowest BCUT2D eigenvalue weighted by molar-refractivity contribution is 0.629. The van der Waals surface area contributed by atoms with Gasteiger partial charge in [-0.05, 0) is 13.0 Å². The minimum atomic E-state index is -0.512. The van der Waals surface area contributed by atoms with Gasteiger partial charge in [0.05, 0.1) is 0 Å². The van der Waals surface area contributed by atoms with E-state index in [-0.39, 0.29) is 0 Å². The van der Waals surface area contributed by atoms with Crippen LogP contribution in [-0.2, 0) is 0 Å². The molecule has 2 heteroatoms. The number of hydrogen-bond donors (Lipinski definition) is 0. The Balaban J connectivity index is 3.79. The van der Waals surface area contributed by atoms with Crippen molar-refractivity contribution in [2.45, 2.75) is 6.92 Å². The van der Waals surface area contributed by atoms with E-state index in [9.17, 15) is 4.39 Å². The Morgan fingerprint density at radius 3 is 2.75 bits per heavy atom. The van der Waals surface area contributed by atoms with Gasteiger partial charge < -0.3 is 0 Å². The standard InChI is InChI=1S/C6H8FN/c1-3-5-6(7)8-4-2/h3-5H,1H2,2H3/b6-5-,8-4-. The molecule has 0 unspecified atom stereocenters. The van der Waals surface area contributed by atoms with Crippen LogP contribution in [0.1, 0.15) is 6.92 Å². The van der Waals surface area contributed by atoms with Crippen molar-refractivity contribution < 1.29 is 4.39 Å². The zero-order valence-corrected chi connectivity index (χ0v) is 4.76. The van der Waals surface area contributed by atoms with E-state index in [0.717, 1.165) is 0 Å². The van der Waals surface area contributed by atoms with Crippen LogP contribution in [0.25, 0.3) is 0 Å². The quantitative estimate of drug-likeness (QED) is 0.295. The van der Waals surface area contributed by atoms with Crippen molar-refractivity contribution in [3.05, 3.63) is 24.7 Å². The smallest absolute Gasteiger partial charge is 0.212 e. The second-order valence-electron chi connectivity index (χ2n) is 1.11. The molecule has 0 aliphatic rings. The Hall–Kier alpha value is -0.920. The molecule has 0 amide bonds. The maximum Gasteiger partial charge on any atom is 0.212 e. The maximum atomic E-state index is 12.0. The molecule has 0 aromatic carbocycles. The predicted molar refractivity (Wildman–Crippen MR) is 33.6 cm³/mol. The Morgan fingerprint density at radius 2 is 2.38 bits per heavy atom. The highest BCUT2D eigenvalue weighted by Gasteiger charge is 1.78. The van der Waals surface area contributed by atoms with Crippen molar-refractivity contribution in [3.8, 4) is 0 Å². The summed E-state index contributed by atoms with van der Waals surface area (Å²) in [6.07, 6.45) is 3.93. The van der Waals surface area contributed by atoms with Gasteiger partial charge in [0.2, 0.25) is 5.95 Å². The summed E-state index contributed by atoms with van der Waals surface area (Å²) in [5.41, 5.74) is 0. The fourth-order valence-electron chi connectivity index (χ4n) is 0.264. The minimum Gasteiger partial charge on any atom is -0.233 e. The molecule has 0 bridgehead atoms. The molecule has 0 atom stereocenters. The summed E-state index contributed by atoms with van der Waals surface area (Å²) < 4.78 is 12.0. The lowest BCUT2D eigenvalue weighted by Gasteiger charge is -1.77. The number of rotatable bonds is 2. The molecule has 0 N–H and O–H groups in total. The molecule has 1 nitrogen and oxygen atoms in total. The highest BCUT2D eigenvalue weighted by atomic mass is 19.1. The first-order valence-electron chi connectivity index (χ1n) is 2.28. The average molecular weight is 113 g/mol. The van der Waals surface area contributed by atoms with Gasteiger partial charge in [-0.3, -0.25) is 0 Å². The normalized spacial score (nSPS) is 12.5. The number of aliphatic imine (C=N–C) groups is 1. The van der Waals surface area contributed by atoms with Crippen LogP contribution in [0, 0.1) is 0 Å². The molecule has 0 fully saturated rings. The van der Waals surface area contributed by atoms with Gasteiger partial charge >= 0.3 is 0 Å². The lowest BCUT2D eigenvalue weighted by atomic mass is 10.6. The van der Waals surface area contributed by atoms with E-state index in [1.165, 1.54) is 18.4 Å². The van der Waals surface area contributed by atoms with E-state index in [0.29, 0.717) is 0 Å². The van der Waals surface area contributed by atoms with Gasteiger partial charge in [-0.25, -0.2) is 4.99 Å². The molecule has 0 saturated carbocycles. The van der Waals surface area contributed by atoms with E-state index in [1.54, 1.807) is 6.92 Å². The largest absolute Gasteiger partial charge is 0.233 e. The average Bonchev–Trinajstić information content (AvgIpc) is 1.68. The van der Waals surface area contributed by atoms with Crippen LogP contribution < -0.4 is 0 Å². The third-order valence-electron chi connectivity index (χ3n) is 0.508. The molecule has 0 spiro atoms. The minimum absolute atomic E-state index is 0.512. The molecular weight excluding hydrogens is 105 g/mol. The molecule has 0 aromatic rings. The van der Waals surface area contributed by atoms with Gasteiger partial charge in [0, 0.05) is 6.21 Å². The van der Waals surface area contributed by atoms with Crippen LogP contribution >= 0.6 is 0 Å². The lowest BCUT2D eigenvalue weighted by Crippen LogP contribution is -1.63. The number of allylic oxidation sites excluding steroid dienone is 2. The van der Waals surface area contributed by atoms with E-state index < -0.39 is 5.95 Å². The van der Waals surface area contributed by atoms with Gasteiger partial charge in [-0.2, -0.15) is 4.39 Å². The first-order valence-corrected chi connectivity index (χ1v) is 2.28. The van der Waals surface area contributed by atoms with Crippen molar-refractivity contribution in [2.75, 3.05) is 0 Å². The first-order chi connectivity index (χ1) is 3.81. The summed E-state index contributed by atoms with van der Waals surface area (Å²) >= 11 is 0. The van der Waals surface area contributed by atoms with Crippen LogP contribution in [0.5, 0.6) is 0 Å². The van der Waals surface area contributed by atoms with Crippen LogP contribution in [0.2, 0.25) is 0 Å². The molecule has 0 rings (SSSR count). The maximum absolute atomic E-state index is 12.0. The fraction of sp³-hybridized carbons (Fsp3) is 0.167. The summed E-state index contributed by atoms with van der Waals surface area (Å²) in [7, 11) is 0. The second kappa shape index (κ2) is 4.24. The van der Waals surface area contributed by atoms with Gasteiger partial charge in [0.25, 0.3) is 0 Å². The van der Waals surface area contributed by atoms with E-state index >= 15 is 0 Å². The fourth-order valence-corrected chi connectivity index (χ4v) is 0.264. The molecule has 0 saturated heterocycles. The second-order valence-corrected chi connectivity index (χ2v) is 1.11. The van der Waals surface area contributed by atoms with Crippen LogP contribution in [0.3, 0.4) is 0 Å². The van der Waals surface area contributed by atoms with Crippen molar-refractivity contribution in [2.24, 2.45) is 4.99 Å².